The maximum Gasteiger partial charge on any atom is 0.0127 e. The van der Waals surface area contributed by atoms with Crippen LogP contribution in [0.25, 0.3) is 0 Å². The van der Waals surface area contributed by atoms with Crippen LogP contribution in [0.1, 0.15) is 26.2 Å². The fourth-order valence-electron chi connectivity index (χ4n) is 2.03. The van der Waals surface area contributed by atoms with E-state index in [2.05, 4.69) is 18.9 Å². The Morgan fingerprint density at radius 2 is 2.11 bits per heavy atom. The fourth-order valence-corrected chi connectivity index (χ4v) is 2.03. The van der Waals surface area contributed by atoms with Crippen molar-refractivity contribution in [3.05, 3.63) is 0 Å². The summed E-state index contributed by atoms with van der Waals surface area (Å²) in [5, 5.41) is 0. The predicted octanol–water partition coefficient (Wildman–Crippen LogP) is 1.49. The minimum atomic E-state index is 0.855. The highest BCUT2D eigenvalue weighted by molar-refractivity contribution is 4.99. The molecular formula is C8H15N. The molecule has 0 radical (unpaired) electrons. The van der Waals surface area contributed by atoms with E-state index in [1.54, 1.807) is 0 Å². The SMILES string of the molecule is CC1CCC2CC2N1C. The number of nitrogens with zero attached hydrogens (tertiary/aromatic N) is 1. The van der Waals surface area contributed by atoms with E-state index < -0.39 is 0 Å². The quantitative estimate of drug-likeness (QED) is 0.474. The first-order chi connectivity index (χ1) is 4.29. The van der Waals surface area contributed by atoms with Crippen LogP contribution in [0, 0.1) is 5.92 Å². The van der Waals surface area contributed by atoms with Crippen LogP contribution < -0.4 is 0 Å². The Morgan fingerprint density at radius 1 is 1.33 bits per heavy atom. The molecule has 2 aliphatic rings. The third-order valence-corrected chi connectivity index (χ3v) is 3.06. The van der Waals surface area contributed by atoms with E-state index in [0.717, 1.165) is 18.0 Å². The summed E-state index contributed by atoms with van der Waals surface area (Å²) in [4.78, 5) is 2.55. The van der Waals surface area contributed by atoms with E-state index in [9.17, 15) is 0 Å². The van der Waals surface area contributed by atoms with Gasteiger partial charge in [0.1, 0.15) is 0 Å². The van der Waals surface area contributed by atoms with Gasteiger partial charge in [-0.05, 0) is 39.2 Å². The molecule has 1 nitrogen and oxygen atoms in total. The van der Waals surface area contributed by atoms with Gasteiger partial charge in [-0.25, -0.2) is 0 Å². The molecule has 0 aromatic carbocycles. The van der Waals surface area contributed by atoms with Crippen molar-refractivity contribution >= 4 is 0 Å². The van der Waals surface area contributed by atoms with Crippen molar-refractivity contribution in [1.29, 1.82) is 0 Å². The smallest absolute Gasteiger partial charge is 0.0127 e. The molecule has 9 heavy (non-hydrogen) atoms. The van der Waals surface area contributed by atoms with Crippen molar-refractivity contribution in [2.24, 2.45) is 5.92 Å². The van der Waals surface area contributed by atoms with E-state index in [1.165, 1.54) is 19.3 Å². The van der Waals surface area contributed by atoms with Gasteiger partial charge < -0.3 is 4.90 Å². The average Bonchev–Trinajstić information content (AvgIpc) is 2.58. The highest BCUT2D eigenvalue weighted by Gasteiger charge is 2.44. The molecule has 0 amide bonds. The van der Waals surface area contributed by atoms with Crippen molar-refractivity contribution in [2.75, 3.05) is 7.05 Å². The molecule has 1 aliphatic heterocycles. The van der Waals surface area contributed by atoms with Crippen molar-refractivity contribution in [3.8, 4) is 0 Å². The van der Waals surface area contributed by atoms with E-state index >= 15 is 0 Å². The van der Waals surface area contributed by atoms with Gasteiger partial charge in [0.15, 0.2) is 0 Å². The molecule has 0 bridgehead atoms. The lowest BCUT2D eigenvalue weighted by atomic mass is 10.0. The average molecular weight is 125 g/mol. The second-order valence-corrected chi connectivity index (χ2v) is 3.65. The molecule has 0 aromatic rings. The van der Waals surface area contributed by atoms with Gasteiger partial charge in [-0.3, -0.25) is 0 Å². The van der Waals surface area contributed by atoms with Crippen LogP contribution in [0.2, 0.25) is 0 Å². The molecule has 1 aliphatic carbocycles. The molecule has 1 saturated heterocycles. The second kappa shape index (κ2) is 1.72. The third kappa shape index (κ3) is 0.787. The topological polar surface area (TPSA) is 3.24 Å². The number of fused-ring (bicyclic) bond motifs is 1. The number of piperidine rings is 1. The first-order valence-corrected chi connectivity index (χ1v) is 4.01. The van der Waals surface area contributed by atoms with E-state index in [-0.39, 0.29) is 0 Å². The second-order valence-electron chi connectivity index (χ2n) is 3.65. The monoisotopic (exact) mass is 125 g/mol. The molecule has 1 saturated carbocycles. The summed E-state index contributed by atoms with van der Waals surface area (Å²) in [5.41, 5.74) is 0. The molecule has 0 N–H and O–H groups in total. The summed E-state index contributed by atoms with van der Waals surface area (Å²) < 4.78 is 0. The minimum Gasteiger partial charge on any atom is -0.300 e. The lowest BCUT2D eigenvalue weighted by Crippen LogP contribution is -2.35. The van der Waals surface area contributed by atoms with Gasteiger partial charge in [-0.1, -0.05) is 0 Å². The van der Waals surface area contributed by atoms with Crippen molar-refractivity contribution in [1.82, 2.24) is 4.90 Å². The van der Waals surface area contributed by atoms with Crippen molar-refractivity contribution in [2.45, 2.75) is 38.3 Å². The molecule has 2 rings (SSSR count). The number of hydrogen-bond acceptors (Lipinski definition) is 1. The zero-order valence-electron chi connectivity index (χ0n) is 6.30. The zero-order chi connectivity index (χ0) is 6.43. The van der Waals surface area contributed by atoms with Crippen LogP contribution >= 0.6 is 0 Å². The van der Waals surface area contributed by atoms with Crippen molar-refractivity contribution in [3.63, 3.8) is 0 Å². The van der Waals surface area contributed by atoms with Gasteiger partial charge in [0.05, 0.1) is 0 Å². The lowest BCUT2D eigenvalue weighted by molar-refractivity contribution is 0.188. The van der Waals surface area contributed by atoms with E-state index in [4.69, 9.17) is 0 Å². The van der Waals surface area contributed by atoms with Crippen LogP contribution in [0.15, 0.2) is 0 Å². The molecule has 52 valence electrons. The maximum absolute atomic E-state index is 2.55. The van der Waals surface area contributed by atoms with Crippen LogP contribution in [0.4, 0.5) is 0 Å². The zero-order valence-corrected chi connectivity index (χ0v) is 6.30. The number of rotatable bonds is 0. The van der Waals surface area contributed by atoms with Gasteiger partial charge in [0.25, 0.3) is 0 Å². The molecule has 1 heterocycles. The van der Waals surface area contributed by atoms with Crippen LogP contribution in [0.3, 0.4) is 0 Å². The molecule has 3 unspecified atom stereocenters. The first-order valence-electron chi connectivity index (χ1n) is 4.01. The van der Waals surface area contributed by atoms with Gasteiger partial charge in [-0.15, -0.1) is 0 Å². The third-order valence-electron chi connectivity index (χ3n) is 3.06. The molecule has 0 aromatic heterocycles. The molecule has 3 atom stereocenters. The van der Waals surface area contributed by atoms with Gasteiger partial charge in [0.2, 0.25) is 0 Å². The first kappa shape index (κ1) is 5.72. The molecule has 1 heteroatoms. The summed E-state index contributed by atoms with van der Waals surface area (Å²) >= 11 is 0. The molecule has 0 spiro atoms. The maximum atomic E-state index is 2.55. The normalized spacial score (nSPS) is 50.7. The molecular weight excluding hydrogens is 110 g/mol. The summed E-state index contributed by atoms with van der Waals surface area (Å²) in [6, 6.07) is 1.84. The Labute approximate surface area is 57.0 Å². The fraction of sp³-hybridized carbons (Fsp3) is 1.00. The standard InChI is InChI=1S/C8H15N/c1-6-3-4-7-5-8(7)9(6)2/h6-8H,3-5H2,1-2H3. The number of likely N-dealkylation sites (tertiary alicyclic amines) is 1. The summed E-state index contributed by atoms with van der Waals surface area (Å²) in [6.45, 7) is 2.34. The summed E-state index contributed by atoms with van der Waals surface area (Å²) in [7, 11) is 2.27. The Kier molecular flexibility index (Phi) is 1.10. The Morgan fingerprint density at radius 3 is 2.78 bits per heavy atom. The van der Waals surface area contributed by atoms with Crippen LogP contribution in [-0.4, -0.2) is 24.0 Å². The van der Waals surface area contributed by atoms with Crippen LogP contribution in [-0.2, 0) is 0 Å². The Bertz CT molecular complexity index is 120. The van der Waals surface area contributed by atoms with Gasteiger partial charge >= 0.3 is 0 Å². The van der Waals surface area contributed by atoms with Crippen molar-refractivity contribution < 1.29 is 0 Å². The predicted molar refractivity (Wildman–Crippen MR) is 38.4 cm³/mol. The van der Waals surface area contributed by atoms with Gasteiger partial charge in [-0.2, -0.15) is 0 Å². The Hall–Kier alpha value is -0.0400. The van der Waals surface area contributed by atoms with Gasteiger partial charge in [0, 0.05) is 12.1 Å². The highest BCUT2D eigenvalue weighted by atomic mass is 15.2. The van der Waals surface area contributed by atoms with Crippen LogP contribution in [0.5, 0.6) is 0 Å². The highest BCUT2D eigenvalue weighted by Crippen LogP contribution is 2.44. The summed E-state index contributed by atoms with van der Waals surface area (Å²) in [6.07, 6.45) is 4.41. The molecule has 2 fully saturated rings. The lowest BCUT2D eigenvalue weighted by Gasteiger charge is -2.28. The largest absolute Gasteiger partial charge is 0.300 e. The Balaban J connectivity index is 2.02. The minimum absolute atomic E-state index is 0.855. The van der Waals surface area contributed by atoms with E-state index in [0.29, 0.717) is 0 Å². The number of hydrogen-bond donors (Lipinski definition) is 0. The van der Waals surface area contributed by atoms with E-state index in [1.807, 2.05) is 0 Å². The summed E-state index contributed by atoms with van der Waals surface area (Å²) in [5.74, 6) is 1.09.